The van der Waals surface area contributed by atoms with E-state index >= 15 is 0 Å². The van der Waals surface area contributed by atoms with Crippen LogP contribution in [0.3, 0.4) is 0 Å². The van der Waals surface area contributed by atoms with E-state index in [1.54, 1.807) is 18.3 Å². The van der Waals surface area contributed by atoms with Crippen molar-refractivity contribution in [2.75, 3.05) is 0 Å². The van der Waals surface area contributed by atoms with E-state index in [9.17, 15) is 10.1 Å². The Bertz CT molecular complexity index is 850. The monoisotopic (exact) mass is 365 g/mol. The Labute approximate surface area is 131 Å². The predicted molar refractivity (Wildman–Crippen MR) is 83.0 cm³/mol. The number of fused-ring (bicyclic) bond motifs is 1. The van der Waals surface area contributed by atoms with Gasteiger partial charge in [-0.1, -0.05) is 0 Å². The van der Waals surface area contributed by atoms with Crippen LogP contribution in [0.5, 0.6) is 11.5 Å². The third kappa shape index (κ3) is 2.86. The molecule has 0 saturated heterocycles. The summed E-state index contributed by atoms with van der Waals surface area (Å²) in [7, 11) is 0. The van der Waals surface area contributed by atoms with Crippen molar-refractivity contribution in [2.24, 2.45) is 0 Å². The normalized spacial score (nSPS) is 10.8. The molecule has 0 saturated carbocycles. The second-order valence-electron chi connectivity index (χ2n) is 4.22. The first-order valence-electron chi connectivity index (χ1n) is 5.87. The molecule has 0 spiro atoms. The molecule has 0 bridgehead atoms. The molecule has 0 atom stereocenters. The van der Waals surface area contributed by atoms with Crippen LogP contribution >= 0.6 is 27.3 Å². The molecule has 3 aromatic rings. The van der Waals surface area contributed by atoms with Crippen molar-refractivity contribution in [3.05, 3.63) is 50.2 Å². The molecule has 0 aliphatic carbocycles. The number of thiazole rings is 1. The van der Waals surface area contributed by atoms with Crippen molar-refractivity contribution in [3.8, 4) is 11.5 Å². The molecular weight excluding hydrogens is 358 g/mol. The molecule has 0 aliphatic heterocycles. The highest BCUT2D eigenvalue weighted by molar-refractivity contribution is 9.10. The molecule has 0 aliphatic rings. The minimum Gasteiger partial charge on any atom is -0.448 e. The molecule has 6 nitrogen and oxygen atoms in total. The summed E-state index contributed by atoms with van der Waals surface area (Å²) < 4.78 is 7.09. The van der Waals surface area contributed by atoms with Crippen LogP contribution in [0.15, 0.2) is 35.1 Å². The molecular formula is C13H8BrN3O3S. The molecule has 0 N–H and O–H groups in total. The van der Waals surface area contributed by atoms with Gasteiger partial charge in [-0.15, -0.1) is 11.3 Å². The molecule has 8 heteroatoms. The summed E-state index contributed by atoms with van der Waals surface area (Å²) in [6, 6.07) is 4.76. The number of rotatable bonds is 3. The maximum Gasteiger partial charge on any atom is 0.313 e. The molecule has 21 heavy (non-hydrogen) atoms. The quantitative estimate of drug-likeness (QED) is 0.505. The zero-order valence-corrected chi connectivity index (χ0v) is 13.1. The highest BCUT2D eigenvalue weighted by Gasteiger charge is 2.19. The Morgan fingerprint density at radius 2 is 2.14 bits per heavy atom. The van der Waals surface area contributed by atoms with Crippen molar-refractivity contribution in [2.45, 2.75) is 6.92 Å². The van der Waals surface area contributed by atoms with E-state index in [1.807, 2.05) is 6.92 Å². The third-order valence-corrected chi connectivity index (χ3v) is 4.05. The number of hydrogen-bond donors (Lipinski definition) is 0. The zero-order valence-electron chi connectivity index (χ0n) is 10.7. The van der Waals surface area contributed by atoms with Gasteiger partial charge in [0, 0.05) is 22.8 Å². The molecule has 1 aromatic carbocycles. The van der Waals surface area contributed by atoms with Gasteiger partial charge in [0.15, 0.2) is 0 Å². The lowest BCUT2D eigenvalue weighted by Crippen LogP contribution is -1.94. The summed E-state index contributed by atoms with van der Waals surface area (Å²) in [6.45, 7) is 1.86. The second kappa shape index (κ2) is 5.38. The van der Waals surface area contributed by atoms with Gasteiger partial charge in [-0.25, -0.2) is 4.98 Å². The second-order valence-corrected chi connectivity index (χ2v) is 6.37. The molecule has 0 unspecified atom stereocenters. The van der Waals surface area contributed by atoms with E-state index in [-0.39, 0.29) is 11.4 Å². The number of aryl methyl sites for hydroxylation is 1. The SMILES string of the molecule is Cc1nc2cc(Oc3cncc(Br)c3)c([N+](=O)[O-])cc2s1. The highest BCUT2D eigenvalue weighted by atomic mass is 79.9. The molecule has 0 amide bonds. The van der Waals surface area contributed by atoms with E-state index in [0.717, 1.165) is 14.2 Å². The van der Waals surface area contributed by atoms with Crippen molar-refractivity contribution in [1.29, 1.82) is 0 Å². The minimum atomic E-state index is -0.463. The van der Waals surface area contributed by atoms with Crippen LogP contribution in [0.1, 0.15) is 5.01 Å². The number of halogens is 1. The summed E-state index contributed by atoms with van der Waals surface area (Å²) >= 11 is 4.69. The molecule has 2 aromatic heterocycles. The average molecular weight is 366 g/mol. The van der Waals surface area contributed by atoms with Gasteiger partial charge in [0.2, 0.25) is 5.75 Å². The summed E-state index contributed by atoms with van der Waals surface area (Å²) in [5.41, 5.74) is 0.590. The first-order valence-corrected chi connectivity index (χ1v) is 7.48. The zero-order chi connectivity index (χ0) is 15.0. The Hall–Kier alpha value is -2.06. The number of ether oxygens (including phenoxy) is 1. The maximum absolute atomic E-state index is 11.2. The minimum absolute atomic E-state index is 0.0916. The van der Waals surface area contributed by atoms with Crippen LogP contribution < -0.4 is 4.74 Å². The fourth-order valence-corrected chi connectivity index (χ4v) is 3.04. The first-order chi connectivity index (χ1) is 10.0. The van der Waals surface area contributed by atoms with Gasteiger partial charge in [0.05, 0.1) is 26.3 Å². The standard InChI is InChI=1S/C13H8BrN3O3S/c1-7-16-10-3-12(11(17(18)19)4-13(10)21-7)20-9-2-8(14)5-15-6-9/h2-6H,1H3. The van der Waals surface area contributed by atoms with Crippen molar-refractivity contribution >= 4 is 43.2 Å². The maximum atomic E-state index is 11.2. The lowest BCUT2D eigenvalue weighted by molar-refractivity contribution is -0.385. The van der Waals surface area contributed by atoms with Gasteiger partial charge in [-0.3, -0.25) is 15.1 Å². The van der Waals surface area contributed by atoms with E-state index in [2.05, 4.69) is 25.9 Å². The van der Waals surface area contributed by atoms with E-state index in [4.69, 9.17) is 4.74 Å². The lowest BCUT2D eigenvalue weighted by atomic mass is 10.2. The van der Waals surface area contributed by atoms with Gasteiger partial charge in [0.1, 0.15) is 5.75 Å². The van der Waals surface area contributed by atoms with Gasteiger partial charge in [-0.2, -0.15) is 0 Å². The predicted octanol–water partition coefficient (Wildman–Crippen LogP) is 4.46. The first kappa shape index (κ1) is 13.9. The number of pyridine rings is 1. The Balaban J connectivity index is 2.11. The van der Waals surface area contributed by atoms with Crippen LogP contribution in [-0.4, -0.2) is 14.9 Å². The highest BCUT2D eigenvalue weighted by Crippen LogP contribution is 2.37. The molecule has 0 radical (unpaired) electrons. The largest absolute Gasteiger partial charge is 0.448 e. The van der Waals surface area contributed by atoms with Gasteiger partial charge in [0.25, 0.3) is 0 Å². The lowest BCUT2D eigenvalue weighted by Gasteiger charge is -2.06. The Morgan fingerprint density at radius 3 is 2.86 bits per heavy atom. The van der Waals surface area contributed by atoms with Crippen LogP contribution in [0, 0.1) is 17.0 Å². The topological polar surface area (TPSA) is 78.2 Å². The van der Waals surface area contributed by atoms with Crippen LogP contribution in [0.25, 0.3) is 10.2 Å². The van der Waals surface area contributed by atoms with E-state index in [1.165, 1.54) is 23.6 Å². The van der Waals surface area contributed by atoms with Gasteiger partial charge >= 0.3 is 5.69 Å². The van der Waals surface area contributed by atoms with Gasteiger partial charge in [-0.05, 0) is 28.9 Å². The number of nitro groups is 1. The third-order valence-electron chi connectivity index (χ3n) is 2.68. The van der Waals surface area contributed by atoms with Crippen LogP contribution in [0.4, 0.5) is 5.69 Å². The summed E-state index contributed by atoms with van der Waals surface area (Å²) in [5, 5.41) is 12.1. The summed E-state index contributed by atoms with van der Waals surface area (Å²) in [6.07, 6.45) is 3.10. The smallest absolute Gasteiger partial charge is 0.313 e. The van der Waals surface area contributed by atoms with Crippen molar-refractivity contribution in [1.82, 2.24) is 9.97 Å². The van der Waals surface area contributed by atoms with Crippen LogP contribution in [0.2, 0.25) is 0 Å². The van der Waals surface area contributed by atoms with E-state index in [0.29, 0.717) is 11.3 Å². The van der Waals surface area contributed by atoms with E-state index < -0.39 is 4.92 Å². The number of aromatic nitrogens is 2. The molecule has 2 heterocycles. The number of benzene rings is 1. The van der Waals surface area contributed by atoms with Crippen LogP contribution in [-0.2, 0) is 0 Å². The van der Waals surface area contributed by atoms with Gasteiger partial charge < -0.3 is 4.74 Å². The molecule has 106 valence electrons. The van der Waals surface area contributed by atoms with Crippen molar-refractivity contribution < 1.29 is 9.66 Å². The summed E-state index contributed by atoms with van der Waals surface area (Å²) in [5.74, 6) is 0.566. The van der Waals surface area contributed by atoms with Crippen molar-refractivity contribution in [3.63, 3.8) is 0 Å². The molecule has 3 rings (SSSR count). The number of hydrogen-bond acceptors (Lipinski definition) is 6. The number of nitro benzene ring substituents is 1. The fourth-order valence-electron chi connectivity index (χ4n) is 1.86. The Kier molecular flexibility index (Phi) is 3.56. The number of nitrogens with zero attached hydrogens (tertiary/aromatic N) is 3. The summed E-state index contributed by atoms with van der Waals surface area (Å²) in [4.78, 5) is 19.0. The average Bonchev–Trinajstić information content (AvgIpc) is 2.76. The molecule has 0 fully saturated rings. The Morgan fingerprint density at radius 1 is 1.33 bits per heavy atom. The fraction of sp³-hybridized carbons (Fsp3) is 0.0769.